The summed E-state index contributed by atoms with van der Waals surface area (Å²) in [6.45, 7) is 1.75. The summed E-state index contributed by atoms with van der Waals surface area (Å²) in [5.41, 5.74) is 0.469. The highest BCUT2D eigenvalue weighted by atomic mass is 35.5. The topological polar surface area (TPSA) is 75.4 Å². The minimum Gasteiger partial charge on any atom is -0.391 e. The van der Waals surface area contributed by atoms with E-state index in [-0.39, 0.29) is 16.9 Å². The summed E-state index contributed by atoms with van der Waals surface area (Å²) in [5.74, 6) is 0. The third-order valence-electron chi connectivity index (χ3n) is 3.24. The molecular weight excluding hydrogens is 326 g/mol. The van der Waals surface area contributed by atoms with Crippen molar-refractivity contribution in [1.29, 1.82) is 0 Å². The second-order valence-corrected chi connectivity index (χ2v) is 7.04. The predicted molar refractivity (Wildman–Crippen MR) is 85.5 cm³/mol. The number of hydrogen-bond donors (Lipinski definition) is 1. The van der Waals surface area contributed by atoms with E-state index in [0.29, 0.717) is 12.1 Å². The molecule has 0 amide bonds. The van der Waals surface area contributed by atoms with Gasteiger partial charge in [0.2, 0.25) is 5.28 Å². The maximum absolute atomic E-state index is 12.8. The molecule has 0 spiro atoms. The number of aliphatic hydroxyl groups is 1. The molecule has 2 aromatic rings. The molecule has 2 rings (SSSR count). The number of nitrogens with zero attached hydrogens (tertiary/aromatic N) is 3. The first-order valence-electron chi connectivity index (χ1n) is 6.81. The van der Waals surface area contributed by atoms with Gasteiger partial charge in [0.25, 0.3) is 10.0 Å². The van der Waals surface area contributed by atoms with Gasteiger partial charge in [-0.3, -0.25) is 4.31 Å². The molecule has 0 aliphatic rings. The van der Waals surface area contributed by atoms with E-state index in [1.807, 2.05) is 0 Å². The largest absolute Gasteiger partial charge is 0.391 e. The smallest absolute Gasteiger partial charge is 0.283 e. The van der Waals surface area contributed by atoms with Gasteiger partial charge < -0.3 is 9.67 Å². The average Bonchev–Trinajstić information content (AvgIpc) is 2.85. The third-order valence-corrected chi connectivity index (χ3v) is 5.26. The van der Waals surface area contributed by atoms with Crippen molar-refractivity contribution in [2.24, 2.45) is 7.05 Å². The number of para-hydroxylation sites is 1. The molecule has 1 heterocycles. The van der Waals surface area contributed by atoms with E-state index in [9.17, 15) is 13.5 Å². The second kappa shape index (κ2) is 6.68. The highest BCUT2D eigenvalue weighted by Crippen LogP contribution is 2.24. The molecule has 8 heteroatoms. The number of hydrogen-bond acceptors (Lipinski definition) is 4. The normalized spacial score (nSPS) is 13.1. The van der Waals surface area contributed by atoms with Crippen molar-refractivity contribution in [2.45, 2.75) is 24.5 Å². The van der Waals surface area contributed by atoms with Gasteiger partial charge in [0, 0.05) is 13.2 Å². The molecular formula is C14H18ClN3O3S. The molecule has 0 fully saturated rings. The van der Waals surface area contributed by atoms with E-state index in [4.69, 9.17) is 11.6 Å². The molecule has 120 valence electrons. The number of halogens is 1. The van der Waals surface area contributed by atoms with Crippen molar-refractivity contribution >= 4 is 27.3 Å². The predicted octanol–water partition coefficient (Wildman–Crippen LogP) is 2.04. The molecule has 1 atom stereocenters. The summed E-state index contributed by atoms with van der Waals surface area (Å²) in [7, 11) is -2.29. The Kier molecular flexibility index (Phi) is 5.10. The zero-order valence-corrected chi connectivity index (χ0v) is 13.9. The van der Waals surface area contributed by atoms with Gasteiger partial charge >= 0.3 is 0 Å². The van der Waals surface area contributed by atoms with Crippen molar-refractivity contribution in [1.82, 2.24) is 9.55 Å². The first kappa shape index (κ1) is 16.8. The van der Waals surface area contributed by atoms with Gasteiger partial charge in [-0.05, 0) is 30.2 Å². The standard InChI is InChI=1S/C14H18ClN3O3S/c1-3-12(19)9-18(11-7-5-4-6-8-11)22(20,21)13-10-17(2)14(15)16-13/h4-8,10,12,19H,3,9H2,1-2H3. The monoisotopic (exact) mass is 343 g/mol. The molecule has 6 nitrogen and oxygen atoms in total. The molecule has 22 heavy (non-hydrogen) atoms. The summed E-state index contributed by atoms with van der Waals surface area (Å²) in [4.78, 5) is 3.88. The Morgan fingerprint density at radius 1 is 1.36 bits per heavy atom. The van der Waals surface area contributed by atoms with Crippen LogP contribution in [-0.4, -0.2) is 35.7 Å². The lowest BCUT2D eigenvalue weighted by molar-refractivity contribution is 0.179. The Morgan fingerprint density at radius 3 is 2.50 bits per heavy atom. The van der Waals surface area contributed by atoms with Crippen molar-refractivity contribution < 1.29 is 13.5 Å². The molecule has 0 saturated heterocycles. The number of imidazole rings is 1. The van der Waals surface area contributed by atoms with E-state index in [0.717, 1.165) is 4.31 Å². The van der Waals surface area contributed by atoms with Gasteiger partial charge in [-0.15, -0.1) is 0 Å². The van der Waals surface area contributed by atoms with Crippen LogP contribution in [0.15, 0.2) is 41.6 Å². The minimum absolute atomic E-state index is 0.0446. The molecule has 1 aromatic carbocycles. The first-order chi connectivity index (χ1) is 10.4. The summed E-state index contributed by atoms with van der Waals surface area (Å²) in [6.07, 6.45) is 1.03. The molecule has 0 radical (unpaired) electrons. The van der Waals surface area contributed by atoms with Crippen LogP contribution in [-0.2, 0) is 17.1 Å². The molecule has 1 aromatic heterocycles. The molecule has 0 saturated carbocycles. The summed E-state index contributed by atoms with van der Waals surface area (Å²) in [6, 6.07) is 8.61. The summed E-state index contributed by atoms with van der Waals surface area (Å²) >= 11 is 5.84. The van der Waals surface area contributed by atoms with Crippen molar-refractivity contribution in [3.63, 3.8) is 0 Å². The van der Waals surface area contributed by atoms with Gasteiger partial charge in [0.15, 0.2) is 5.03 Å². The lowest BCUT2D eigenvalue weighted by Gasteiger charge is -2.25. The number of anilines is 1. The van der Waals surface area contributed by atoms with Crippen LogP contribution in [0.3, 0.4) is 0 Å². The van der Waals surface area contributed by atoms with Gasteiger partial charge in [-0.25, -0.2) is 4.98 Å². The first-order valence-corrected chi connectivity index (χ1v) is 8.62. The van der Waals surface area contributed by atoms with Gasteiger partial charge in [0.05, 0.1) is 18.3 Å². The van der Waals surface area contributed by atoms with Gasteiger partial charge in [-0.2, -0.15) is 8.42 Å². The molecule has 1 unspecified atom stereocenters. The van der Waals surface area contributed by atoms with Crippen LogP contribution in [0.2, 0.25) is 5.28 Å². The molecule has 0 bridgehead atoms. The molecule has 1 N–H and O–H groups in total. The van der Waals surface area contributed by atoms with E-state index in [1.165, 1.54) is 10.8 Å². The zero-order chi connectivity index (χ0) is 16.3. The van der Waals surface area contributed by atoms with Crippen LogP contribution in [0.4, 0.5) is 5.69 Å². The van der Waals surface area contributed by atoms with Gasteiger partial charge in [-0.1, -0.05) is 25.1 Å². The van der Waals surface area contributed by atoms with E-state index < -0.39 is 16.1 Å². The third kappa shape index (κ3) is 3.43. The van der Waals surface area contributed by atoms with Crippen LogP contribution in [0.1, 0.15) is 13.3 Å². The number of sulfonamides is 1. The van der Waals surface area contributed by atoms with Crippen LogP contribution in [0.5, 0.6) is 0 Å². The lowest BCUT2D eigenvalue weighted by Crippen LogP contribution is -2.37. The number of benzene rings is 1. The van der Waals surface area contributed by atoms with Crippen molar-refractivity contribution in [2.75, 3.05) is 10.8 Å². The number of aromatic nitrogens is 2. The Morgan fingerprint density at radius 2 is 2.00 bits per heavy atom. The fraction of sp³-hybridized carbons (Fsp3) is 0.357. The Hall–Kier alpha value is -1.57. The van der Waals surface area contributed by atoms with Crippen LogP contribution >= 0.6 is 11.6 Å². The fourth-order valence-corrected chi connectivity index (χ4v) is 3.59. The van der Waals surface area contributed by atoms with Crippen molar-refractivity contribution in [3.05, 3.63) is 41.8 Å². The minimum atomic E-state index is -3.90. The quantitative estimate of drug-likeness (QED) is 0.870. The average molecular weight is 344 g/mol. The zero-order valence-electron chi connectivity index (χ0n) is 12.3. The van der Waals surface area contributed by atoms with Crippen LogP contribution < -0.4 is 4.31 Å². The Labute approximate surface area is 135 Å². The van der Waals surface area contributed by atoms with Gasteiger partial charge in [0.1, 0.15) is 0 Å². The van der Waals surface area contributed by atoms with Crippen LogP contribution in [0.25, 0.3) is 0 Å². The number of rotatable bonds is 6. The highest BCUT2D eigenvalue weighted by Gasteiger charge is 2.29. The van der Waals surface area contributed by atoms with Crippen molar-refractivity contribution in [3.8, 4) is 0 Å². The van der Waals surface area contributed by atoms with E-state index in [2.05, 4.69) is 4.98 Å². The van der Waals surface area contributed by atoms with Crippen LogP contribution in [0, 0.1) is 0 Å². The maximum Gasteiger partial charge on any atom is 0.283 e. The van der Waals surface area contributed by atoms with E-state index in [1.54, 1.807) is 44.3 Å². The second-order valence-electron chi connectivity index (χ2n) is 4.89. The maximum atomic E-state index is 12.8. The SMILES string of the molecule is CCC(O)CN(c1ccccc1)S(=O)(=O)c1cn(C)c(Cl)n1. The highest BCUT2D eigenvalue weighted by molar-refractivity contribution is 7.92. The number of aliphatic hydroxyl groups excluding tert-OH is 1. The Balaban J connectivity index is 2.47. The lowest BCUT2D eigenvalue weighted by atomic mass is 10.2. The molecule has 0 aliphatic heterocycles. The molecule has 0 aliphatic carbocycles. The Bertz CT molecular complexity index is 712. The summed E-state index contributed by atoms with van der Waals surface area (Å²) in [5, 5.41) is 9.84. The fourth-order valence-electron chi connectivity index (χ4n) is 1.91. The van der Waals surface area contributed by atoms with E-state index >= 15 is 0 Å². The summed E-state index contributed by atoms with van der Waals surface area (Å²) < 4.78 is 28.2. The number of aryl methyl sites for hydroxylation is 1.